The summed E-state index contributed by atoms with van der Waals surface area (Å²) < 4.78 is 0. The third-order valence-corrected chi connectivity index (χ3v) is 4.80. The zero-order valence-corrected chi connectivity index (χ0v) is 16.0. The Kier molecular flexibility index (Phi) is 3.83. The first-order valence-corrected chi connectivity index (χ1v) is 8.76. The molecule has 0 aromatic heterocycles. The van der Waals surface area contributed by atoms with E-state index in [0.29, 0.717) is 0 Å². The SMILES string of the molecule is [B]c1ccc2c(C(C)(C)C)c3cc(C)ccc3c(C(C)(C)C)c2c1. The zero-order valence-electron chi connectivity index (χ0n) is 16.0. The molecule has 3 rings (SSSR count). The lowest BCUT2D eigenvalue weighted by Gasteiger charge is -2.30. The summed E-state index contributed by atoms with van der Waals surface area (Å²) in [6, 6.07) is 13.3. The van der Waals surface area contributed by atoms with Crippen molar-refractivity contribution >= 4 is 34.9 Å². The van der Waals surface area contributed by atoms with Crippen molar-refractivity contribution in [3.05, 3.63) is 53.1 Å². The average Bonchev–Trinajstić information content (AvgIpc) is 2.41. The molecule has 0 atom stereocenters. The van der Waals surface area contributed by atoms with Crippen molar-refractivity contribution in [2.75, 3.05) is 0 Å². The summed E-state index contributed by atoms with van der Waals surface area (Å²) in [4.78, 5) is 0. The first-order valence-electron chi connectivity index (χ1n) is 8.76. The van der Waals surface area contributed by atoms with Crippen molar-refractivity contribution in [1.82, 2.24) is 0 Å². The predicted molar refractivity (Wildman–Crippen MR) is 109 cm³/mol. The van der Waals surface area contributed by atoms with Gasteiger partial charge in [-0.15, -0.1) is 0 Å². The van der Waals surface area contributed by atoms with Crippen LogP contribution in [-0.4, -0.2) is 7.85 Å². The number of hydrogen-bond donors (Lipinski definition) is 0. The molecular weight excluding hydrogens is 287 g/mol. The summed E-state index contributed by atoms with van der Waals surface area (Å²) in [5.41, 5.74) is 5.08. The maximum absolute atomic E-state index is 6.16. The summed E-state index contributed by atoms with van der Waals surface area (Å²) in [6.07, 6.45) is 0. The number of hydrogen-bond acceptors (Lipinski definition) is 0. The number of aryl methyl sites for hydroxylation is 1. The van der Waals surface area contributed by atoms with E-state index in [2.05, 4.69) is 78.8 Å². The monoisotopic (exact) mass is 314 g/mol. The van der Waals surface area contributed by atoms with Crippen LogP contribution < -0.4 is 5.46 Å². The molecular formula is C23H27B. The molecule has 0 amide bonds. The van der Waals surface area contributed by atoms with E-state index in [9.17, 15) is 0 Å². The van der Waals surface area contributed by atoms with Gasteiger partial charge >= 0.3 is 0 Å². The molecule has 0 unspecified atom stereocenters. The minimum Gasteiger partial charge on any atom is -0.0960 e. The van der Waals surface area contributed by atoms with Gasteiger partial charge in [0.25, 0.3) is 0 Å². The number of fused-ring (bicyclic) bond motifs is 2. The molecule has 0 fully saturated rings. The second-order valence-electron chi connectivity index (χ2n) is 9.10. The summed E-state index contributed by atoms with van der Waals surface area (Å²) >= 11 is 0. The molecule has 0 nitrogen and oxygen atoms in total. The first-order chi connectivity index (χ1) is 11.0. The maximum atomic E-state index is 6.16. The summed E-state index contributed by atoms with van der Waals surface area (Å²) in [5, 5.41) is 5.37. The van der Waals surface area contributed by atoms with Crippen molar-refractivity contribution in [3.63, 3.8) is 0 Å². The second-order valence-corrected chi connectivity index (χ2v) is 9.10. The van der Waals surface area contributed by atoms with Gasteiger partial charge in [-0.25, -0.2) is 0 Å². The molecule has 0 spiro atoms. The molecule has 24 heavy (non-hydrogen) atoms. The van der Waals surface area contributed by atoms with Gasteiger partial charge in [0.2, 0.25) is 0 Å². The minimum atomic E-state index is 0.0516. The number of rotatable bonds is 0. The largest absolute Gasteiger partial charge is 0.113 e. The van der Waals surface area contributed by atoms with Gasteiger partial charge in [-0.05, 0) is 50.4 Å². The third kappa shape index (κ3) is 2.75. The van der Waals surface area contributed by atoms with Crippen molar-refractivity contribution in [1.29, 1.82) is 0 Å². The van der Waals surface area contributed by atoms with Crippen LogP contribution in [-0.2, 0) is 10.8 Å². The third-order valence-electron chi connectivity index (χ3n) is 4.80. The van der Waals surface area contributed by atoms with Crippen molar-refractivity contribution in [2.45, 2.75) is 59.3 Å². The smallest absolute Gasteiger partial charge is 0.0960 e. The highest BCUT2D eigenvalue weighted by atomic mass is 14.3. The lowest BCUT2D eigenvalue weighted by molar-refractivity contribution is 0.593. The van der Waals surface area contributed by atoms with Crippen LogP contribution in [0.25, 0.3) is 21.5 Å². The van der Waals surface area contributed by atoms with Gasteiger partial charge in [0.05, 0.1) is 0 Å². The fourth-order valence-corrected chi connectivity index (χ4v) is 3.98. The van der Waals surface area contributed by atoms with Gasteiger partial charge in [0.1, 0.15) is 7.85 Å². The molecule has 0 aliphatic carbocycles. The van der Waals surface area contributed by atoms with Crippen LogP contribution in [0, 0.1) is 6.92 Å². The Balaban J connectivity index is 2.70. The quantitative estimate of drug-likeness (QED) is 0.369. The van der Waals surface area contributed by atoms with Crippen LogP contribution >= 0.6 is 0 Å². The summed E-state index contributed by atoms with van der Waals surface area (Å²) in [6.45, 7) is 16.0. The molecule has 3 aromatic carbocycles. The van der Waals surface area contributed by atoms with Crippen molar-refractivity contribution in [3.8, 4) is 0 Å². The van der Waals surface area contributed by atoms with Crippen LogP contribution in [0.15, 0.2) is 36.4 Å². The molecule has 0 saturated carbocycles. The zero-order chi connectivity index (χ0) is 17.9. The predicted octanol–water partition coefficient (Wildman–Crippen LogP) is 5.69. The maximum Gasteiger partial charge on any atom is 0.113 e. The Bertz CT molecular complexity index is 855. The van der Waals surface area contributed by atoms with E-state index < -0.39 is 0 Å². The Hall–Kier alpha value is -1.76. The van der Waals surface area contributed by atoms with Crippen LogP contribution in [0.4, 0.5) is 0 Å². The van der Waals surface area contributed by atoms with Gasteiger partial charge in [-0.2, -0.15) is 0 Å². The second kappa shape index (κ2) is 5.38. The Morgan fingerprint density at radius 1 is 0.625 bits per heavy atom. The average molecular weight is 314 g/mol. The van der Waals surface area contributed by atoms with E-state index >= 15 is 0 Å². The normalized spacial score (nSPS) is 13.0. The summed E-state index contributed by atoms with van der Waals surface area (Å²) in [7, 11) is 6.16. The topological polar surface area (TPSA) is 0 Å². The number of benzene rings is 3. The molecule has 122 valence electrons. The molecule has 0 saturated heterocycles. The Labute approximate surface area is 147 Å². The van der Waals surface area contributed by atoms with E-state index in [0.717, 1.165) is 5.46 Å². The van der Waals surface area contributed by atoms with E-state index in [1.807, 2.05) is 6.07 Å². The van der Waals surface area contributed by atoms with E-state index in [1.165, 1.54) is 38.2 Å². The molecule has 0 bridgehead atoms. The fraction of sp³-hybridized carbons (Fsp3) is 0.391. The highest BCUT2D eigenvalue weighted by Gasteiger charge is 2.27. The van der Waals surface area contributed by atoms with Crippen LogP contribution in [0.3, 0.4) is 0 Å². The first kappa shape index (κ1) is 17.1. The van der Waals surface area contributed by atoms with Crippen molar-refractivity contribution < 1.29 is 0 Å². The molecule has 0 heterocycles. The van der Waals surface area contributed by atoms with E-state index in [1.54, 1.807) is 0 Å². The molecule has 0 aliphatic rings. The van der Waals surface area contributed by atoms with Gasteiger partial charge < -0.3 is 0 Å². The minimum absolute atomic E-state index is 0.0516. The van der Waals surface area contributed by atoms with Crippen LogP contribution in [0.5, 0.6) is 0 Å². The molecule has 1 heteroatoms. The molecule has 2 radical (unpaired) electrons. The van der Waals surface area contributed by atoms with E-state index in [4.69, 9.17) is 7.85 Å². The fourth-order valence-electron chi connectivity index (χ4n) is 3.98. The van der Waals surface area contributed by atoms with Gasteiger partial charge in [0.15, 0.2) is 0 Å². The lowest BCUT2D eigenvalue weighted by Crippen LogP contribution is -2.18. The highest BCUT2D eigenvalue weighted by molar-refractivity contribution is 6.33. The molecule has 3 aromatic rings. The molecule has 0 aliphatic heterocycles. The Morgan fingerprint density at radius 2 is 1.08 bits per heavy atom. The van der Waals surface area contributed by atoms with Gasteiger partial charge in [-0.1, -0.05) is 89.0 Å². The highest BCUT2D eigenvalue weighted by Crippen LogP contribution is 2.43. The molecule has 0 N–H and O–H groups in total. The van der Waals surface area contributed by atoms with Gasteiger partial charge in [0, 0.05) is 0 Å². The van der Waals surface area contributed by atoms with Crippen LogP contribution in [0.2, 0.25) is 0 Å². The Morgan fingerprint density at radius 3 is 1.58 bits per heavy atom. The lowest BCUT2D eigenvalue weighted by atomic mass is 9.73. The van der Waals surface area contributed by atoms with Crippen molar-refractivity contribution in [2.24, 2.45) is 0 Å². The van der Waals surface area contributed by atoms with E-state index in [-0.39, 0.29) is 10.8 Å². The standard InChI is InChI=1S/C23H27B/c1-14-8-10-16-18(12-14)20(22(2,3)4)17-11-9-15(24)13-19(17)21(16)23(5,6)7/h8-13H,1-7H3. The summed E-state index contributed by atoms with van der Waals surface area (Å²) in [5.74, 6) is 0. The van der Waals surface area contributed by atoms with Gasteiger partial charge in [-0.3, -0.25) is 0 Å². The van der Waals surface area contributed by atoms with Crippen LogP contribution in [0.1, 0.15) is 58.2 Å².